The lowest BCUT2D eigenvalue weighted by Crippen LogP contribution is -2.15. The summed E-state index contributed by atoms with van der Waals surface area (Å²) in [7, 11) is 0. The predicted molar refractivity (Wildman–Crippen MR) is 134 cm³/mol. The van der Waals surface area contributed by atoms with Crippen LogP contribution in [0.3, 0.4) is 0 Å². The van der Waals surface area contributed by atoms with Crippen LogP contribution in [0.4, 0.5) is 5.69 Å². The Morgan fingerprint density at radius 2 is 1.81 bits per heavy atom. The molecule has 0 saturated heterocycles. The first kappa shape index (κ1) is 22.6. The first-order valence-corrected chi connectivity index (χ1v) is 12.1. The molecule has 0 aliphatic carbocycles. The van der Waals surface area contributed by atoms with Crippen molar-refractivity contribution in [2.24, 2.45) is 0 Å². The van der Waals surface area contributed by atoms with Crippen LogP contribution in [0.2, 0.25) is 5.02 Å². The number of anilines is 1. The molecule has 1 amide bonds. The Morgan fingerprint density at radius 1 is 1.06 bits per heavy atom. The maximum Gasteiger partial charge on any atom is 0.234 e. The third-order valence-electron chi connectivity index (χ3n) is 4.74. The van der Waals surface area contributed by atoms with Crippen LogP contribution in [0.1, 0.15) is 17.0 Å². The minimum absolute atomic E-state index is 0.165. The first-order chi connectivity index (χ1) is 15.5. The number of hydrogen-bond acceptors (Lipinski definition) is 4. The molecule has 162 valence electrons. The monoisotopic (exact) mass is 526 g/mol. The zero-order chi connectivity index (χ0) is 22.5. The van der Waals surface area contributed by atoms with Gasteiger partial charge in [0.05, 0.1) is 16.5 Å². The third kappa shape index (κ3) is 5.59. The molecular weight excluding hydrogens is 508 g/mol. The maximum atomic E-state index is 12.6. The summed E-state index contributed by atoms with van der Waals surface area (Å²) in [5.41, 5.74) is 3.86. The van der Waals surface area contributed by atoms with Crippen molar-refractivity contribution in [3.05, 3.63) is 99.2 Å². The van der Waals surface area contributed by atoms with Gasteiger partial charge < -0.3 is 5.32 Å². The van der Waals surface area contributed by atoms with E-state index in [0.29, 0.717) is 22.3 Å². The lowest BCUT2D eigenvalue weighted by molar-refractivity contribution is -0.113. The van der Waals surface area contributed by atoms with E-state index < -0.39 is 0 Å². The lowest BCUT2D eigenvalue weighted by Gasteiger charge is -2.11. The lowest BCUT2D eigenvalue weighted by atomic mass is 10.1. The molecule has 3 aromatic carbocycles. The summed E-state index contributed by atoms with van der Waals surface area (Å²) < 4.78 is 2.86. The average molecular weight is 528 g/mol. The molecule has 1 heterocycles. The van der Waals surface area contributed by atoms with E-state index in [2.05, 4.69) is 55.7 Å². The van der Waals surface area contributed by atoms with Gasteiger partial charge in [0.25, 0.3) is 0 Å². The van der Waals surface area contributed by atoms with Crippen LogP contribution in [0.25, 0.3) is 5.69 Å². The van der Waals surface area contributed by atoms with Gasteiger partial charge in [-0.3, -0.25) is 9.36 Å². The van der Waals surface area contributed by atoms with Gasteiger partial charge in [0.2, 0.25) is 5.91 Å². The van der Waals surface area contributed by atoms with Gasteiger partial charge in [-0.25, -0.2) is 0 Å². The van der Waals surface area contributed by atoms with Gasteiger partial charge in [-0.05, 0) is 42.8 Å². The number of rotatable bonds is 7. The van der Waals surface area contributed by atoms with E-state index in [9.17, 15) is 4.79 Å². The molecule has 0 radical (unpaired) electrons. The van der Waals surface area contributed by atoms with Gasteiger partial charge in [-0.2, -0.15) is 0 Å². The van der Waals surface area contributed by atoms with Crippen LogP contribution < -0.4 is 5.32 Å². The summed E-state index contributed by atoms with van der Waals surface area (Å²) in [6, 6.07) is 23.7. The standard InChI is InChI=1S/C24H20BrClN4OS/c1-16-7-10-19(11-8-16)30-22(13-17-5-3-2-4-6-17)28-29-24(30)32-15-23(31)27-21-12-9-18(25)14-20(21)26/h2-12,14H,13,15H2,1H3,(H,27,31). The molecule has 0 aliphatic rings. The summed E-state index contributed by atoms with van der Waals surface area (Å²) in [5, 5.41) is 12.8. The van der Waals surface area contributed by atoms with Crippen LogP contribution >= 0.6 is 39.3 Å². The van der Waals surface area contributed by atoms with Gasteiger partial charge in [-0.1, -0.05) is 87.3 Å². The Bertz CT molecular complexity index is 1230. The fourth-order valence-electron chi connectivity index (χ4n) is 3.15. The van der Waals surface area contributed by atoms with Crippen molar-refractivity contribution in [1.82, 2.24) is 14.8 Å². The van der Waals surface area contributed by atoms with Crippen LogP contribution in [0, 0.1) is 6.92 Å². The van der Waals surface area contributed by atoms with Gasteiger partial charge in [0.1, 0.15) is 5.82 Å². The number of nitrogens with one attached hydrogen (secondary N) is 1. The molecule has 0 atom stereocenters. The van der Waals surface area contributed by atoms with E-state index in [0.717, 1.165) is 21.5 Å². The van der Waals surface area contributed by atoms with Gasteiger partial charge in [0.15, 0.2) is 5.16 Å². The molecule has 0 fully saturated rings. The first-order valence-electron chi connectivity index (χ1n) is 9.92. The highest BCUT2D eigenvalue weighted by Gasteiger charge is 2.17. The molecule has 1 N–H and O–H groups in total. The van der Waals surface area contributed by atoms with Crippen molar-refractivity contribution in [3.63, 3.8) is 0 Å². The smallest absolute Gasteiger partial charge is 0.234 e. The van der Waals surface area contributed by atoms with Crippen molar-refractivity contribution < 1.29 is 4.79 Å². The van der Waals surface area contributed by atoms with Gasteiger partial charge >= 0.3 is 0 Å². The van der Waals surface area contributed by atoms with Crippen molar-refractivity contribution in [1.29, 1.82) is 0 Å². The van der Waals surface area contributed by atoms with Gasteiger partial charge in [-0.15, -0.1) is 10.2 Å². The highest BCUT2D eigenvalue weighted by Crippen LogP contribution is 2.27. The predicted octanol–water partition coefficient (Wildman–Crippen LogP) is 6.31. The number of hydrogen-bond donors (Lipinski definition) is 1. The van der Waals surface area contributed by atoms with Crippen molar-refractivity contribution in [2.45, 2.75) is 18.5 Å². The number of amides is 1. The van der Waals surface area contributed by atoms with Gasteiger partial charge in [0, 0.05) is 16.6 Å². The summed E-state index contributed by atoms with van der Waals surface area (Å²) in [4.78, 5) is 12.6. The Balaban J connectivity index is 1.55. The topological polar surface area (TPSA) is 59.8 Å². The minimum atomic E-state index is -0.165. The van der Waals surface area contributed by atoms with E-state index in [1.165, 1.54) is 17.3 Å². The summed E-state index contributed by atoms with van der Waals surface area (Å²) >= 11 is 10.9. The minimum Gasteiger partial charge on any atom is -0.324 e. The molecule has 4 rings (SSSR count). The molecule has 0 aliphatic heterocycles. The normalized spacial score (nSPS) is 10.8. The van der Waals surface area contributed by atoms with E-state index in [-0.39, 0.29) is 11.7 Å². The molecule has 5 nitrogen and oxygen atoms in total. The molecular formula is C24H20BrClN4OS. The van der Waals surface area contributed by atoms with E-state index in [4.69, 9.17) is 11.6 Å². The maximum absolute atomic E-state index is 12.6. The summed E-state index contributed by atoms with van der Waals surface area (Å²) in [6.07, 6.45) is 0.642. The Morgan fingerprint density at radius 3 is 2.53 bits per heavy atom. The van der Waals surface area contributed by atoms with Crippen molar-refractivity contribution in [3.8, 4) is 5.69 Å². The molecule has 1 aromatic heterocycles. The molecule has 8 heteroatoms. The van der Waals surface area contributed by atoms with E-state index in [1.807, 2.05) is 47.9 Å². The average Bonchev–Trinajstić information content (AvgIpc) is 3.18. The summed E-state index contributed by atoms with van der Waals surface area (Å²) in [6.45, 7) is 2.05. The summed E-state index contributed by atoms with van der Waals surface area (Å²) in [5.74, 6) is 0.836. The number of halogens is 2. The number of aromatic nitrogens is 3. The highest BCUT2D eigenvalue weighted by atomic mass is 79.9. The van der Waals surface area contributed by atoms with Crippen LogP contribution in [-0.4, -0.2) is 26.4 Å². The number of benzene rings is 3. The SMILES string of the molecule is Cc1ccc(-n2c(Cc3ccccc3)nnc2SCC(=O)Nc2ccc(Br)cc2Cl)cc1. The van der Waals surface area contributed by atoms with Crippen LogP contribution in [-0.2, 0) is 11.2 Å². The van der Waals surface area contributed by atoms with Crippen LogP contribution in [0.15, 0.2) is 82.4 Å². The third-order valence-corrected chi connectivity index (χ3v) is 6.47. The number of carbonyl (C=O) groups excluding carboxylic acids is 1. The quantitative estimate of drug-likeness (QED) is 0.286. The number of carbonyl (C=O) groups is 1. The zero-order valence-corrected chi connectivity index (χ0v) is 20.4. The second-order valence-corrected chi connectivity index (χ2v) is 9.46. The Labute approximate surface area is 204 Å². The molecule has 0 unspecified atom stereocenters. The Kier molecular flexibility index (Phi) is 7.29. The zero-order valence-electron chi connectivity index (χ0n) is 17.3. The molecule has 32 heavy (non-hydrogen) atoms. The molecule has 4 aromatic rings. The fourth-order valence-corrected chi connectivity index (χ4v) is 4.64. The largest absolute Gasteiger partial charge is 0.324 e. The Hall–Kier alpha value is -2.61. The second-order valence-electron chi connectivity index (χ2n) is 7.19. The molecule has 0 spiro atoms. The number of aryl methyl sites for hydroxylation is 1. The fraction of sp³-hybridized carbons (Fsp3) is 0.125. The van der Waals surface area contributed by atoms with E-state index >= 15 is 0 Å². The van der Waals surface area contributed by atoms with Crippen LogP contribution in [0.5, 0.6) is 0 Å². The number of thioether (sulfide) groups is 1. The van der Waals surface area contributed by atoms with Crippen molar-refractivity contribution in [2.75, 3.05) is 11.1 Å². The second kappa shape index (κ2) is 10.3. The molecule has 0 saturated carbocycles. The highest BCUT2D eigenvalue weighted by molar-refractivity contribution is 9.10. The molecule has 0 bridgehead atoms. The number of nitrogens with zero attached hydrogens (tertiary/aromatic N) is 3. The van der Waals surface area contributed by atoms with E-state index in [1.54, 1.807) is 12.1 Å². The van der Waals surface area contributed by atoms with Crippen molar-refractivity contribution >= 4 is 50.9 Å².